The molecule has 184 valence electrons. The van der Waals surface area contributed by atoms with E-state index in [1.165, 1.54) is 7.11 Å². The molecule has 38 heavy (non-hydrogen) atoms. The van der Waals surface area contributed by atoms with Crippen molar-refractivity contribution in [3.63, 3.8) is 0 Å². The topological polar surface area (TPSA) is 68.4 Å². The number of benzene rings is 5. The van der Waals surface area contributed by atoms with Gasteiger partial charge in [-0.05, 0) is 35.4 Å². The Morgan fingerprint density at radius 1 is 0.579 bits per heavy atom. The fourth-order valence-corrected chi connectivity index (χ4v) is 4.95. The summed E-state index contributed by atoms with van der Waals surface area (Å²) in [6, 6.07) is 35.9. The number of hydrogen-bond acceptors (Lipinski definition) is 4. The number of hydrogen-bond donors (Lipinski definition) is 1. The monoisotopic (exact) mass is 497 g/mol. The standard InChI is InChI=1S/C33H23NO4/c1-37-32(35)25-19-20-26(30(22-13-6-3-7-14-22)29(25)21-11-4-2-5-12-21)33(36)38-28-18-10-16-24-23-15-8-9-17-27(23)34-31(24)28/h2-20,34H,1H3. The molecule has 0 bridgehead atoms. The summed E-state index contributed by atoms with van der Waals surface area (Å²) in [5, 5.41) is 2.03. The lowest BCUT2D eigenvalue weighted by Crippen LogP contribution is -2.13. The largest absolute Gasteiger partial charge is 0.465 e. The number of ether oxygens (including phenoxy) is 2. The van der Waals surface area contributed by atoms with E-state index in [1.807, 2.05) is 97.1 Å². The van der Waals surface area contributed by atoms with Crippen molar-refractivity contribution in [1.82, 2.24) is 4.98 Å². The van der Waals surface area contributed by atoms with Gasteiger partial charge in [0.15, 0.2) is 5.75 Å². The SMILES string of the molecule is COC(=O)c1ccc(C(=O)Oc2cccc3c2[nH]c2ccccc23)c(-c2ccccc2)c1-c1ccccc1. The molecule has 0 saturated carbocycles. The molecule has 0 aliphatic carbocycles. The van der Waals surface area contributed by atoms with Gasteiger partial charge in [0.1, 0.15) is 0 Å². The van der Waals surface area contributed by atoms with Crippen molar-refractivity contribution in [1.29, 1.82) is 0 Å². The molecular formula is C33H23NO4. The van der Waals surface area contributed by atoms with Crippen LogP contribution in [0.25, 0.3) is 44.1 Å². The molecule has 0 atom stereocenters. The van der Waals surface area contributed by atoms with Gasteiger partial charge in [-0.2, -0.15) is 0 Å². The summed E-state index contributed by atoms with van der Waals surface area (Å²) in [5.74, 6) is -0.576. The third-order valence-electron chi connectivity index (χ3n) is 6.66. The third-order valence-corrected chi connectivity index (χ3v) is 6.66. The second kappa shape index (κ2) is 9.71. The number of para-hydroxylation sites is 2. The number of methoxy groups -OCH3 is 1. The second-order valence-electron chi connectivity index (χ2n) is 8.87. The van der Waals surface area contributed by atoms with Crippen LogP contribution >= 0.6 is 0 Å². The van der Waals surface area contributed by atoms with Crippen LogP contribution in [0.3, 0.4) is 0 Å². The van der Waals surface area contributed by atoms with Crippen LogP contribution in [0.4, 0.5) is 0 Å². The Balaban J connectivity index is 1.55. The summed E-state index contributed by atoms with van der Waals surface area (Å²) in [4.78, 5) is 30.1. The summed E-state index contributed by atoms with van der Waals surface area (Å²) in [6.45, 7) is 0. The molecular weight excluding hydrogens is 474 g/mol. The Morgan fingerprint density at radius 2 is 1.13 bits per heavy atom. The third kappa shape index (κ3) is 4.00. The molecule has 0 amide bonds. The van der Waals surface area contributed by atoms with E-state index in [9.17, 15) is 9.59 Å². The number of carbonyl (C=O) groups is 2. The Hall–Kier alpha value is -5.16. The Morgan fingerprint density at radius 3 is 1.76 bits per heavy atom. The highest BCUT2D eigenvalue weighted by atomic mass is 16.5. The van der Waals surface area contributed by atoms with E-state index >= 15 is 0 Å². The lowest BCUT2D eigenvalue weighted by Gasteiger charge is -2.18. The normalized spacial score (nSPS) is 11.0. The van der Waals surface area contributed by atoms with Gasteiger partial charge in [0.25, 0.3) is 0 Å². The van der Waals surface area contributed by atoms with E-state index in [2.05, 4.69) is 4.98 Å². The molecule has 1 aromatic heterocycles. The van der Waals surface area contributed by atoms with Crippen molar-refractivity contribution in [2.75, 3.05) is 7.11 Å². The van der Waals surface area contributed by atoms with Gasteiger partial charge in [-0.25, -0.2) is 9.59 Å². The highest BCUT2D eigenvalue weighted by Crippen LogP contribution is 2.39. The number of nitrogens with one attached hydrogen (secondary N) is 1. The predicted octanol–water partition coefficient (Wildman–Crippen LogP) is 7.66. The number of aromatic amines is 1. The van der Waals surface area contributed by atoms with Crippen molar-refractivity contribution in [3.8, 4) is 28.0 Å². The zero-order valence-corrected chi connectivity index (χ0v) is 20.6. The van der Waals surface area contributed by atoms with E-state index in [4.69, 9.17) is 9.47 Å². The molecule has 0 saturated heterocycles. The predicted molar refractivity (Wildman–Crippen MR) is 149 cm³/mol. The van der Waals surface area contributed by atoms with Gasteiger partial charge < -0.3 is 14.5 Å². The quantitative estimate of drug-likeness (QED) is 0.196. The highest BCUT2D eigenvalue weighted by molar-refractivity contribution is 6.12. The summed E-state index contributed by atoms with van der Waals surface area (Å²) < 4.78 is 11.1. The highest BCUT2D eigenvalue weighted by Gasteiger charge is 2.25. The molecule has 0 fully saturated rings. The molecule has 5 aromatic carbocycles. The summed E-state index contributed by atoms with van der Waals surface area (Å²) in [6.07, 6.45) is 0. The lowest BCUT2D eigenvalue weighted by atomic mass is 9.87. The molecule has 0 spiro atoms. The number of fused-ring (bicyclic) bond motifs is 3. The van der Waals surface area contributed by atoms with Gasteiger partial charge in [-0.1, -0.05) is 91.0 Å². The fraction of sp³-hybridized carbons (Fsp3) is 0.0303. The number of esters is 2. The first kappa shape index (κ1) is 23.3. The van der Waals surface area contributed by atoms with Crippen molar-refractivity contribution in [2.45, 2.75) is 0 Å². The number of aromatic nitrogens is 1. The van der Waals surface area contributed by atoms with Crippen LogP contribution in [0.2, 0.25) is 0 Å². The first-order chi connectivity index (χ1) is 18.7. The first-order valence-electron chi connectivity index (χ1n) is 12.2. The van der Waals surface area contributed by atoms with Crippen LogP contribution in [0.5, 0.6) is 5.75 Å². The van der Waals surface area contributed by atoms with Gasteiger partial charge in [0.2, 0.25) is 0 Å². The second-order valence-corrected chi connectivity index (χ2v) is 8.87. The van der Waals surface area contributed by atoms with E-state index in [0.29, 0.717) is 28.0 Å². The molecule has 5 heteroatoms. The van der Waals surface area contributed by atoms with Crippen molar-refractivity contribution in [2.24, 2.45) is 0 Å². The maximum Gasteiger partial charge on any atom is 0.344 e. The Bertz CT molecular complexity index is 1800. The Kier molecular flexibility index (Phi) is 5.94. The summed E-state index contributed by atoms with van der Waals surface area (Å²) >= 11 is 0. The van der Waals surface area contributed by atoms with E-state index in [1.54, 1.807) is 18.2 Å². The van der Waals surface area contributed by atoms with Crippen molar-refractivity contribution in [3.05, 3.63) is 126 Å². The van der Waals surface area contributed by atoms with Gasteiger partial charge in [-0.3, -0.25) is 0 Å². The molecule has 6 rings (SSSR count). The first-order valence-corrected chi connectivity index (χ1v) is 12.2. The van der Waals surface area contributed by atoms with Crippen molar-refractivity contribution < 1.29 is 19.1 Å². The van der Waals surface area contributed by atoms with Gasteiger partial charge in [0, 0.05) is 27.4 Å². The number of rotatable bonds is 5. The zero-order valence-electron chi connectivity index (χ0n) is 20.6. The minimum atomic E-state index is -0.524. The Labute approximate surface area is 219 Å². The number of H-pyrrole nitrogens is 1. The van der Waals surface area contributed by atoms with E-state index < -0.39 is 11.9 Å². The molecule has 5 nitrogen and oxygen atoms in total. The maximum absolute atomic E-state index is 13.8. The number of carbonyl (C=O) groups excluding carboxylic acids is 2. The minimum Gasteiger partial charge on any atom is -0.465 e. The lowest BCUT2D eigenvalue weighted by molar-refractivity contribution is 0.0600. The molecule has 0 aliphatic rings. The van der Waals surface area contributed by atoms with Gasteiger partial charge in [0.05, 0.1) is 23.8 Å². The molecule has 1 N–H and O–H groups in total. The van der Waals surface area contributed by atoms with E-state index in [0.717, 1.165) is 32.9 Å². The van der Waals surface area contributed by atoms with Gasteiger partial charge >= 0.3 is 11.9 Å². The van der Waals surface area contributed by atoms with Crippen LogP contribution in [0.15, 0.2) is 115 Å². The minimum absolute atomic E-state index is 0.343. The molecule has 0 unspecified atom stereocenters. The van der Waals surface area contributed by atoms with E-state index in [-0.39, 0.29) is 0 Å². The molecule has 0 aliphatic heterocycles. The van der Waals surface area contributed by atoms with Crippen LogP contribution in [0.1, 0.15) is 20.7 Å². The summed E-state index contributed by atoms with van der Waals surface area (Å²) in [5.41, 5.74) is 5.22. The van der Waals surface area contributed by atoms with Crippen LogP contribution in [0, 0.1) is 0 Å². The zero-order chi connectivity index (χ0) is 26.1. The van der Waals surface area contributed by atoms with Crippen LogP contribution in [-0.4, -0.2) is 24.0 Å². The van der Waals surface area contributed by atoms with Gasteiger partial charge in [-0.15, -0.1) is 0 Å². The van der Waals surface area contributed by atoms with Crippen molar-refractivity contribution >= 4 is 33.7 Å². The molecule has 6 aromatic rings. The molecule has 1 heterocycles. The average Bonchev–Trinajstić information content (AvgIpc) is 3.36. The average molecular weight is 498 g/mol. The summed E-state index contributed by atoms with van der Waals surface area (Å²) in [7, 11) is 1.35. The molecule has 0 radical (unpaired) electrons. The van der Waals surface area contributed by atoms with Crippen LogP contribution in [-0.2, 0) is 4.74 Å². The fourth-order valence-electron chi connectivity index (χ4n) is 4.95. The maximum atomic E-state index is 13.8. The van der Waals surface area contributed by atoms with Crippen LogP contribution < -0.4 is 4.74 Å². The smallest absolute Gasteiger partial charge is 0.344 e.